The van der Waals surface area contributed by atoms with Crippen molar-refractivity contribution in [1.82, 2.24) is 5.32 Å². The maximum atomic E-state index is 9.19. The van der Waals surface area contributed by atoms with Gasteiger partial charge in [0, 0.05) is 6.04 Å². The van der Waals surface area contributed by atoms with Crippen LogP contribution in [-0.4, -0.2) is 18.2 Å². The summed E-state index contributed by atoms with van der Waals surface area (Å²) in [6, 6.07) is 8.12. The molecule has 0 amide bonds. The number of phenolic OH excluding ortho intramolecular Hbond substituents is 1. The van der Waals surface area contributed by atoms with E-state index in [0.29, 0.717) is 11.8 Å². The first-order valence-corrected chi connectivity index (χ1v) is 5.73. The van der Waals surface area contributed by atoms with Gasteiger partial charge in [0.15, 0.2) is 0 Å². The van der Waals surface area contributed by atoms with E-state index in [1.165, 1.54) is 24.8 Å². The Kier molecular flexibility index (Phi) is 3.27. The topological polar surface area (TPSA) is 32.3 Å². The highest BCUT2D eigenvalue weighted by atomic mass is 16.3. The van der Waals surface area contributed by atoms with Crippen molar-refractivity contribution in [2.24, 2.45) is 5.92 Å². The second kappa shape index (κ2) is 4.67. The van der Waals surface area contributed by atoms with Gasteiger partial charge in [0.05, 0.1) is 0 Å². The van der Waals surface area contributed by atoms with Crippen LogP contribution in [0.4, 0.5) is 0 Å². The fourth-order valence-electron chi connectivity index (χ4n) is 1.98. The van der Waals surface area contributed by atoms with Crippen LogP contribution in [0.25, 0.3) is 0 Å². The lowest BCUT2D eigenvalue weighted by Crippen LogP contribution is -2.28. The van der Waals surface area contributed by atoms with Gasteiger partial charge in [-0.3, -0.25) is 0 Å². The van der Waals surface area contributed by atoms with E-state index in [-0.39, 0.29) is 0 Å². The third-order valence-corrected chi connectivity index (χ3v) is 3.14. The van der Waals surface area contributed by atoms with Crippen molar-refractivity contribution in [2.75, 3.05) is 7.05 Å². The molecule has 82 valence electrons. The Balaban J connectivity index is 1.89. The van der Waals surface area contributed by atoms with Crippen LogP contribution < -0.4 is 5.32 Å². The zero-order chi connectivity index (χ0) is 10.7. The Morgan fingerprint density at radius 1 is 1.33 bits per heavy atom. The van der Waals surface area contributed by atoms with E-state index < -0.39 is 0 Å². The first kappa shape index (κ1) is 10.5. The van der Waals surface area contributed by atoms with Gasteiger partial charge in [0.25, 0.3) is 0 Å². The number of likely N-dealkylation sites (N-methyl/N-ethyl adjacent to an activating group) is 1. The molecule has 1 aromatic rings. The van der Waals surface area contributed by atoms with E-state index in [1.54, 1.807) is 12.1 Å². The second-order valence-corrected chi connectivity index (χ2v) is 4.54. The molecule has 1 aliphatic rings. The summed E-state index contributed by atoms with van der Waals surface area (Å²) in [6.45, 7) is 0. The fraction of sp³-hybridized carbons (Fsp3) is 0.538. The van der Waals surface area contributed by atoms with Crippen molar-refractivity contribution in [3.05, 3.63) is 29.8 Å². The summed E-state index contributed by atoms with van der Waals surface area (Å²) in [6.07, 6.45) is 5.17. The van der Waals surface area contributed by atoms with Crippen LogP contribution >= 0.6 is 0 Å². The number of hydrogen-bond acceptors (Lipinski definition) is 2. The van der Waals surface area contributed by atoms with Crippen LogP contribution in [0.3, 0.4) is 0 Å². The Morgan fingerprint density at radius 3 is 2.53 bits per heavy atom. The van der Waals surface area contributed by atoms with Crippen LogP contribution in [0, 0.1) is 5.92 Å². The number of aromatic hydroxyl groups is 1. The molecule has 1 aliphatic carbocycles. The van der Waals surface area contributed by atoms with Gasteiger partial charge in [-0.15, -0.1) is 0 Å². The highest BCUT2D eigenvalue weighted by Gasteiger charge is 2.24. The predicted octanol–water partition coefficient (Wildman–Crippen LogP) is 2.32. The third-order valence-electron chi connectivity index (χ3n) is 3.14. The molecule has 2 rings (SSSR count). The lowest BCUT2D eigenvalue weighted by atomic mass is 10.0. The van der Waals surface area contributed by atoms with Gasteiger partial charge in [0.1, 0.15) is 5.75 Å². The summed E-state index contributed by atoms with van der Waals surface area (Å²) < 4.78 is 0. The zero-order valence-electron chi connectivity index (χ0n) is 9.24. The van der Waals surface area contributed by atoms with E-state index in [1.807, 2.05) is 19.2 Å². The van der Waals surface area contributed by atoms with E-state index in [0.717, 1.165) is 12.3 Å². The van der Waals surface area contributed by atoms with E-state index in [4.69, 9.17) is 0 Å². The Hall–Kier alpha value is -1.02. The average Bonchev–Trinajstić information content (AvgIpc) is 3.04. The number of hydrogen-bond donors (Lipinski definition) is 2. The van der Waals surface area contributed by atoms with Gasteiger partial charge in [-0.1, -0.05) is 25.0 Å². The summed E-state index contributed by atoms with van der Waals surface area (Å²) in [5, 5.41) is 12.6. The normalized spacial score (nSPS) is 17.7. The molecule has 1 fully saturated rings. The number of nitrogens with one attached hydrogen (secondary N) is 1. The van der Waals surface area contributed by atoms with Crippen LogP contribution in [0.1, 0.15) is 24.8 Å². The maximum Gasteiger partial charge on any atom is 0.115 e. The van der Waals surface area contributed by atoms with Crippen molar-refractivity contribution in [3.63, 3.8) is 0 Å². The fourth-order valence-corrected chi connectivity index (χ4v) is 1.98. The molecule has 0 bridgehead atoms. The van der Waals surface area contributed by atoms with Crippen LogP contribution in [0.5, 0.6) is 5.75 Å². The molecule has 0 heterocycles. The van der Waals surface area contributed by atoms with Gasteiger partial charge in [-0.05, 0) is 43.5 Å². The summed E-state index contributed by atoms with van der Waals surface area (Å²) in [7, 11) is 2.04. The molecule has 0 saturated heterocycles. The van der Waals surface area contributed by atoms with Gasteiger partial charge in [0.2, 0.25) is 0 Å². The largest absolute Gasteiger partial charge is 0.508 e. The molecular formula is C13H19NO. The van der Waals surface area contributed by atoms with Crippen molar-refractivity contribution < 1.29 is 5.11 Å². The molecule has 0 radical (unpaired) electrons. The predicted molar refractivity (Wildman–Crippen MR) is 62.0 cm³/mol. The van der Waals surface area contributed by atoms with Crippen molar-refractivity contribution in [3.8, 4) is 5.75 Å². The second-order valence-electron chi connectivity index (χ2n) is 4.54. The Labute approximate surface area is 91.3 Å². The molecule has 0 spiro atoms. The lowest BCUT2D eigenvalue weighted by molar-refractivity contribution is 0.473. The first-order chi connectivity index (χ1) is 7.28. The number of phenols is 1. The molecule has 1 atom stereocenters. The minimum atomic E-state index is 0.349. The monoisotopic (exact) mass is 205 g/mol. The quantitative estimate of drug-likeness (QED) is 0.773. The minimum absolute atomic E-state index is 0.349. The summed E-state index contributed by atoms with van der Waals surface area (Å²) in [4.78, 5) is 0. The molecule has 1 unspecified atom stereocenters. The van der Waals surface area contributed by atoms with Crippen molar-refractivity contribution in [1.29, 1.82) is 0 Å². The lowest BCUT2D eigenvalue weighted by Gasteiger charge is -2.15. The summed E-state index contributed by atoms with van der Waals surface area (Å²) in [5.41, 5.74) is 1.30. The molecule has 2 N–H and O–H groups in total. The average molecular weight is 205 g/mol. The van der Waals surface area contributed by atoms with E-state index >= 15 is 0 Å². The smallest absolute Gasteiger partial charge is 0.115 e. The van der Waals surface area contributed by atoms with Crippen LogP contribution in [0.2, 0.25) is 0 Å². The molecular weight excluding hydrogens is 186 g/mol. The Bertz CT molecular complexity index is 303. The minimum Gasteiger partial charge on any atom is -0.508 e. The SMILES string of the molecule is CNC(Cc1ccc(O)cc1)CC1CC1. The zero-order valence-corrected chi connectivity index (χ0v) is 9.24. The van der Waals surface area contributed by atoms with Crippen molar-refractivity contribution in [2.45, 2.75) is 31.7 Å². The highest BCUT2D eigenvalue weighted by molar-refractivity contribution is 5.26. The van der Waals surface area contributed by atoms with Gasteiger partial charge in [-0.2, -0.15) is 0 Å². The van der Waals surface area contributed by atoms with E-state index in [2.05, 4.69) is 5.32 Å². The van der Waals surface area contributed by atoms with Crippen molar-refractivity contribution >= 4 is 0 Å². The first-order valence-electron chi connectivity index (χ1n) is 5.73. The molecule has 2 nitrogen and oxygen atoms in total. The highest BCUT2D eigenvalue weighted by Crippen LogP contribution is 2.34. The third kappa shape index (κ3) is 3.24. The maximum absolute atomic E-state index is 9.19. The van der Waals surface area contributed by atoms with Crippen LogP contribution in [0.15, 0.2) is 24.3 Å². The molecule has 2 heteroatoms. The molecule has 0 aromatic heterocycles. The standard InChI is InChI=1S/C13H19NO/c1-14-12(8-10-2-3-10)9-11-4-6-13(15)7-5-11/h4-7,10,12,14-15H,2-3,8-9H2,1H3. The van der Waals surface area contributed by atoms with E-state index in [9.17, 15) is 5.11 Å². The molecule has 0 aliphatic heterocycles. The van der Waals surface area contributed by atoms with Gasteiger partial charge >= 0.3 is 0 Å². The molecule has 1 saturated carbocycles. The number of benzene rings is 1. The summed E-state index contributed by atoms with van der Waals surface area (Å²) in [5.74, 6) is 1.31. The number of rotatable bonds is 5. The molecule has 1 aromatic carbocycles. The summed E-state index contributed by atoms with van der Waals surface area (Å²) >= 11 is 0. The van der Waals surface area contributed by atoms with Gasteiger partial charge < -0.3 is 10.4 Å². The molecule has 15 heavy (non-hydrogen) atoms. The van der Waals surface area contributed by atoms with Crippen LogP contribution in [-0.2, 0) is 6.42 Å². The van der Waals surface area contributed by atoms with Gasteiger partial charge in [-0.25, -0.2) is 0 Å². The Morgan fingerprint density at radius 2 is 2.00 bits per heavy atom.